The van der Waals surface area contributed by atoms with Gasteiger partial charge in [0.1, 0.15) is 0 Å². The Morgan fingerprint density at radius 2 is 1.90 bits per heavy atom. The maximum atomic E-state index is 6.38. The average molecular weight is 306 g/mol. The Morgan fingerprint density at radius 1 is 1.19 bits per heavy atom. The Labute approximate surface area is 131 Å². The van der Waals surface area contributed by atoms with Crippen molar-refractivity contribution < 1.29 is 0 Å². The van der Waals surface area contributed by atoms with E-state index in [0.29, 0.717) is 5.41 Å². The molecule has 0 amide bonds. The summed E-state index contributed by atoms with van der Waals surface area (Å²) < 4.78 is 0. The quantitative estimate of drug-likeness (QED) is 0.911. The summed E-state index contributed by atoms with van der Waals surface area (Å²) in [7, 11) is 0. The van der Waals surface area contributed by atoms with Crippen LogP contribution in [0.4, 0.5) is 5.13 Å². The molecule has 1 aromatic rings. The van der Waals surface area contributed by atoms with Crippen LogP contribution in [0.5, 0.6) is 0 Å². The highest BCUT2D eigenvalue weighted by atomic mass is 32.1. The normalized spacial score (nSPS) is 29.5. The molecule has 2 heterocycles. The molecule has 5 heteroatoms. The minimum atomic E-state index is 0.183. The van der Waals surface area contributed by atoms with E-state index in [-0.39, 0.29) is 6.04 Å². The molecular weight excluding hydrogens is 280 g/mol. The van der Waals surface area contributed by atoms with E-state index in [2.05, 4.69) is 23.6 Å². The molecule has 1 unspecified atom stereocenters. The molecule has 1 aliphatic heterocycles. The van der Waals surface area contributed by atoms with Crippen molar-refractivity contribution in [3.8, 4) is 0 Å². The maximum absolute atomic E-state index is 6.38. The number of nitrogens with two attached hydrogens (primary N) is 1. The van der Waals surface area contributed by atoms with Gasteiger partial charge < -0.3 is 10.6 Å². The van der Waals surface area contributed by atoms with Crippen LogP contribution in [0.3, 0.4) is 0 Å². The predicted molar refractivity (Wildman–Crippen MR) is 88.0 cm³/mol. The molecule has 4 nitrogen and oxygen atoms in total. The van der Waals surface area contributed by atoms with Crippen LogP contribution >= 0.6 is 11.3 Å². The van der Waals surface area contributed by atoms with Gasteiger partial charge in [-0.3, -0.25) is 4.90 Å². The van der Waals surface area contributed by atoms with E-state index in [1.807, 2.05) is 11.3 Å². The number of aromatic nitrogens is 1. The molecule has 1 saturated heterocycles. The van der Waals surface area contributed by atoms with Gasteiger partial charge in [0, 0.05) is 43.1 Å². The van der Waals surface area contributed by atoms with Crippen LogP contribution in [0, 0.1) is 5.41 Å². The molecule has 1 saturated carbocycles. The lowest BCUT2D eigenvalue weighted by molar-refractivity contribution is 0.248. The summed E-state index contributed by atoms with van der Waals surface area (Å²) in [5.41, 5.74) is 7.94. The molecule has 4 rings (SSSR count). The molecule has 2 aliphatic carbocycles. The van der Waals surface area contributed by atoms with Crippen LogP contribution < -0.4 is 10.6 Å². The number of rotatable bonds is 2. The lowest BCUT2D eigenvalue weighted by Crippen LogP contribution is -2.47. The average Bonchev–Trinajstić information content (AvgIpc) is 3.18. The minimum absolute atomic E-state index is 0.183. The first-order valence-corrected chi connectivity index (χ1v) is 9.08. The zero-order valence-corrected chi connectivity index (χ0v) is 14.0. The predicted octanol–water partition coefficient (Wildman–Crippen LogP) is 2.40. The molecule has 1 aromatic heterocycles. The first-order valence-electron chi connectivity index (χ1n) is 8.26. The van der Waals surface area contributed by atoms with Crippen molar-refractivity contribution in [1.29, 1.82) is 0 Å². The van der Waals surface area contributed by atoms with Gasteiger partial charge in [-0.25, -0.2) is 4.98 Å². The Balaban J connectivity index is 1.49. The summed E-state index contributed by atoms with van der Waals surface area (Å²) in [5, 5.41) is 1.21. The molecule has 0 spiro atoms. The standard InChI is InChI=1S/C16H26N4S/c1-16(2)9-12(17)14-13(10-16)18-15(21-14)20-7-5-19(6-8-20)11-3-4-11/h11-12H,3-10,17H2,1-2H3. The summed E-state index contributed by atoms with van der Waals surface area (Å²) in [4.78, 5) is 11.4. The summed E-state index contributed by atoms with van der Waals surface area (Å²) >= 11 is 1.85. The lowest BCUT2D eigenvalue weighted by Gasteiger charge is -2.34. The number of hydrogen-bond acceptors (Lipinski definition) is 5. The highest BCUT2D eigenvalue weighted by Gasteiger charge is 2.35. The fourth-order valence-corrected chi connectivity index (χ4v) is 4.97. The topological polar surface area (TPSA) is 45.4 Å². The third-order valence-electron chi connectivity index (χ3n) is 5.12. The molecule has 21 heavy (non-hydrogen) atoms. The second-order valence-corrected chi connectivity index (χ2v) is 8.72. The van der Waals surface area contributed by atoms with Crippen LogP contribution in [-0.4, -0.2) is 42.1 Å². The van der Waals surface area contributed by atoms with Crippen LogP contribution in [0.15, 0.2) is 0 Å². The van der Waals surface area contributed by atoms with Gasteiger partial charge in [-0.05, 0) is 31.1 Å². The molecule has 0 radical (unpaired) electrons. The molecule has 2 N–H and O–H groups in total. The van der Waals surface area contributed by atoms with E-state index in [9.17, 15) is 0 Å². The highest BCUT2D eigenvalue weighted by molar-refractivity contribution is 7.15. The summed E-state index contributed by atoms with van der Waals surface area (Å²) in [6, 6.07) is 1.08. The minimum Gasteiger partial charge on any atom is -0.346 e. The number of nitrogens with zero attached hydrogens (tertiary/aromatic N) is 3. The molecular formula is C16H26N4S. The van der Waals surface area contributed by atoms with Crippen LogP contribution in [0.1, 0.15) is 49.7 Å². The Morgan fingerprint density at radius 3 is 2.57 bits per heavy atom. The Bertz CT molecular complexity index is 526. The zero-order valence-electron chi connectivity index (χ0n) is 13.1. The van der Waals surface area contributed by atoms with Gasteiger partial charge in [-0.2, -0.15) is 0 Å². The van der Waals surface area contributed by atoms with Crippen LogP contribution in [-0.2, 0) is 6.42 Å². The monoisotopic (exact) mass is 306 g/mol. The van der Waals surface area contributed by atoms with Crippen molar-refractivity contribution in [3.05, 3.63) is 10.6 Å². The maximum Gasteiger partial charge on any atom is 0.185 e. The number of anilines is 1. The van der Waals surface area contributed by atoms with Crippen molar-refractivity contribution in [1.82, 2.24) is 9.88 Å². The second-order valence-electron chi connectivity index (χ2n) is 7.71. The third kappa shape index (κ3) is 2.71. The Hall–Kier alpha value is -0.650. The second kappa shape index (κ2) is 4.93. The number of hydrogen-bond donors (Lipinski definition) is 1. The van der Waals surface area contributed by atoms with E-state index < -0.39 is 0 Å². The van der Waals surface area contributed by atoms with E-state index in [1.54, 1.807) is 0 Å². The van der Waals surface area contributed by atoms with Gasteiger partial charge in [-0.15, -0.1) is 0 Å². The van der Waals surface area contributed by atoms with Gasteiger partial charge in [0.25, 0.3) is 0 Å². The van der Waals surface area contributed by atoms with Gasteiger partial charge in [0.05, 0.1) is 5.69 Å². The molecule has 0 bridgehead atoms. The fourth-order valence-electron chi connectivity index (χ4n) is 3.83. The van der Waals surface area contributed by atoms with E-state index in [0.717, 1.165) is 32.0 Å². The summed E-state index contributed by atoms with van der Waals surface area (Å²) in [6.45, 7) is 9.27. The molecule has 116 valence electrons. The van der Waals surface area contributed by atoms with E-state index in [4.69, 9.17) is 10.7 Å². The molecule has 1 atom stereocenters. The van der Waals surface area contributed by atoms with Crippen LogP contribution in [0.25, 0.3) is 0 Å². The molecule has 0 aromatic carbocycles. The van der Waals surface area contributed by atoms with Crippen molar-refractivity contribution in [2.75, 3.05) is 31.1 Å². The molecule has 3 aliphatic rings. The fraction of sp³-hybridized carbons (Fsp3) is 0.812. The Kier molecular flexibility index (Phi) is 3.28. The summed E-state index contributed by atoms with van der Waals surface area (Å²) in [6.07, 6.45) is 4.98. The van der Waals surface area contributed by atoms with Gasteiger partial charge in [-0.1, -0.05) is 25.2 Å². The number of fused-ring (bicyclic) bond motifs is 1. The number of piperazine rings is 1. The largest absolute Gasteiger partial charge is 0.346 e. The molecule has 2 fully saturated rings. The zero-order chi connectivity index (χ0) is 14.6. The van der Waals surface area contributed by atoms with E-state index in [1.165, 1.54) is 41.6 Å². The highest BCUT2D eigenvalue weighted by Crippen LogP contribution is 2.43. The summed E-state index contributed by atoms with van der Waals surface area (Å²) in [5.74, 6) is 0. The first-order chi connectivity index (χ1) is 10.0. The van der Waals surface area contributed by atoms with Gasteiger partial charge in [0.15, 0.2) is 5.13 Å². The van der Waals surface area contributed by atoms with Gasteiger partial charge >= 0.3 is 0 Å². The number of thiazole rings is 1. The van der Waals surface area contributed by atoms with Crippen molar-refractivity contribution in [2.45, 2.75) is 51.6 Å². The smallest absolute Gasteiger partial charge is 0.185 e. The van der Waals surface area contributed by atoms with Crippen molar-refractivity contribution >= 4 is 16.5 Å². The van der Waals surface area contributed by atoms with E-state index >= 15 is 0 Å². The lowest BCUT2D eigenvalue weighted by atomic mass is 9.77. The van der Waals surface area contributed by atoms with Crippen molar-refractivity contribution in [3.63, 3.8) is 0 Å². The van der Waals surface area contributed by atoms with Crippen LogP contribution in [0.2, 0.25) is 0 Å². The first kappa shape index (κ1) is 14.0. The SMILES string of the molecule is CC1(C)Cc2nc(N3CCN(C4CC4)CC3)sc2C(N)C1. The third-order valence-corrected chi connectivity index (χ3v) is 6.41. The van der Waals surface area contributed by atoms with Crippen molar-refractivity contribution in [2.24, 2.45) is 11.1 Å². The van der Waals surface area contributed by atoms with Gasteiger partial charge in [0.2, 0.25) is 0 Å².